The number of amides is 1. The summed E-state index contributed by atoms with van der Waals surface area (Å²) in [5, 5.41) is 14.2. The molecule has 1 aliphatic heterocycles. The van der Waals surface area contributed by atoms with Crippen LogP contribution >= 0.6 is 0 Å². The van der Waals surface area contributed by atoms with E-state index in [4.69, 9.17) is 4.74 Å². The number of morpholine rings is 1. The number of carbonyl (C=O) groups excluding carboxylic acids is 1. The topological polar surface area (TPSA) is 84.7 Å². The highest BCUT2D eigenvalue weighted by Gasteiger charge is 2.23. The van der Waals surface area contributed by atoms with Crippen molar-refractivity contribution in [1.29, 1.82) is 0 Å². The Hall–Kier alpha value is -2.15. The molecule has 1 N–H and O–H groups in total. The molecule has 0 saturated carbocycles. The van der Waals surface area contributed by atoms with Crippen LogP contribution in [0.4, 0.5) is 11.4 Å². The first-order chi connectivity index (χ1) is 11.0. The van der Waals surface area contributed by atoms with Crippen molar-refractivity contribution in [3.63, 3.8) is 0 Å². The Morgan fingerprint density at radius 1 is 1.39 bits per heavy atom. The van der Waals surface area contributed by atoms with Crippen LogP contribution in [0.15, 0.2) is 18.2 Å². The van der Waals surface area contributed by atoms with Gasteiger partial charge in [0.2, 0.25) is 0 Å². The van der Waals surface area contributed by atoms with Gasteiger partial charge in [0.15, 0.2) is 0 Å². The van der Waals surface area contributed by atoms with Crippen LogP contribution in [0, 0.1) is 16.0 Å². The number of nitrogens with zero attached hydrogens (tertiary/aromatic N) is 2. The lowest BCUT2D eigenvalue weighted by atomic mass is 10.1. The van der Waals surface area contributed by atoms with Crippen molar-refractivity contribution in [2.45, 2.75) is 20.3 Å². The molecule has 0 spiro atoms. The first kappa shape index (κ1) is 17.2. The molecule has 1 aromatic carbocycles. The molecule has 0 unspecified atom stereocenters. The summed E-state index contributed by atoms with van der Waals surface area (Å²) in [6.45, 7) is 7.04. The number of nitro benzene ring substituents is 1. The standard InChI is InChI=1S/C16H23N3O4/c1-12(2)5-6-17-16(20)13-3-4-14(15(11-13)19(21)22)18-7-9-23-10-8-18/h3-4,11-12H,5-10H2,1-2H3,(H,17,20). The van der Waals surface area contributed by atoms with Crippen molar-refractivity contribution in [2.75, 3.05) is 37.7 Å². The van der Waals surface area contributed by atoms with E-state index in [1.165, 1.54) is 6.07 Å². The van der Waals surface area contributed by atoms with Crippen LogP contribution in [-0.2, 0) is 4.74 Å². The molecular weight excluding hydrogens is 298 g/mol. The van der Waals surface area contributed by atoms with E-state index >= 15 is 0 Å². The minimum atomic E-state index is -0.435. The molecule has 126 valence electrons. The summed E-state index contributed by atoms with van der Waals surface area (Å²) in [6.07, 6.45) is 0.875. The average molecular weight is 321 g/mol. The second-order valence-electron chi connectivity index (χ2n) is 6.00. The molecule has 1 fully saturated rings. The minimum Gasteiger partial charge on any atom is -0.378 e. The minimum absolute atomic E-state index is 0.0385. The summed E-state index contributed by atoms with van der Waals surface area (Å²) >= 11 is 0. The molecule has 1 aromatic rings. The second kappa shape index (κ2) is 7.92. The molecule has 1 saturated heterocycles. The molecule has 1 amide bonds. The van der Waals surface area contributed by atoms with Gasteiger partial charge in [0, 0.05) is 31.3 Å². The summed E-state index contributed by atoms with van der Waals surface area (Å²) < 4.78 is 5.27. The van der Waals surface area contributed by atoms with Gasteiger partial charge in [0.05, 0.1) is 18.1 Å². The molecular formula is C16H23N3O4. The summed E-state index contributed by atoms with van der Waals surface area (Å²) in [7, 11) is 0. The van der Waals surface area contributed by atoms with Gasteiger partial charge in [-0.05, 0) is 24.5 Å². The Balaban J connectivity index is 2.15. The van der Waals surface area contributed by atoms with Crippen molar-refractivity contribution in [3.05, 3.63) is 33.9 Å². The molecule has 23 heavy (non-hydrogen) atoms. The largest absolute Gasteiger partial charge is 0.378 e. The van der Waals surface area contributed by atoms with Gasteiger partial charge in [-0.15, -0.1) is 0 Å². The van der Waals surface area contributed by atoms with Crippen molar-refractivity contribution < 1.29 is 14.5 Å². The van der Waals surface area contributed by atoms with Crippen LogP contribution in [0.1, 0.15) is 30.6 Å². The molecule has 0 bridgehead atoms. The Bertz CT molecular complexity index is 568. The number of anilines is 1. The second-order valence-corrected chi connectivity index (χ2v) is 6.00. The average Bonchev–Trinajstić information content (AvgIpc) is 2.54. The van der Waals surface area contributed by atoms with E-state index in [0.29, 0.717) is 50.0 Å². The van der Waals surface area contributed by atoms with Crippen LogP contribution in [-0.4, -0.2) is 43.7 Å². The quantitative estimate of drug-likeness (QED) is 0.641. The maximum atomic E-state index is 12.1. The fourth-order valence-corrected chi connectivity index (χ4v) is 2.46. The van der Waals surface area contributed by atoms with Crippen LogP contribution in [0.3, 0.4) is 0 Å². The maximum absolute atomic E-state index is 12.1. The van der Waals surface area contributed by atoms with Crippen molar-refractivity contribution in [1.82, 2.24) is 5.32 Å². The highest BCUT2D eigenvalue weighted by molar-refractivity contribution is 5.95. The molecule has 7 nitrogen and oxygen atoms in total. The van der Waals surface area contributed by atoms with Crippen molar-refractivity contribution in [2.24, 2.45) is 5.92 Å². The van der Waals surface area contributed by atoms with Gasteiger partial charge < -0.3 is 15.0 Å². The van der Waals surface area contributed by atoms with Gasteiger partial charge in [-0.2, -0.15) is 0 Å². The highest BCUT2D eigenvalue weighted by Crippen LogP contribution is 2.29. The fourth-order valence-electron chi connectivity index (χ4n) is 2.46. The van der Waals surface area contributed by atoms with E-state index < -0.39 is 4.92 Å². The normalized spacial score (nSPS) is 14.8. The molecule has 0 aromatic heterocycles. The lowest BCUT2D eigenvalue weighted by Crippen LogP contribution is -2.36. The van der Waals surface area contributed by atoms with E-state index in [2.05, 4.69) is 19.2 Å². The smallest absolute Gasteiger partial charge is 0.293 e. The number of hydrogen-bond acceptors (Lipinski definition) is 5. The van der Waals surface area contributed by atoms with Gasteiger partial charge >= 0.3 is 0 Å². The third-order valence-corrected chi connectivity index (χ3v) is 3.79. The molecule has 0 radical (unpaired) electrons. The Morgan fingerprint density at radius 2 is 2.09 bits per heavy atom. The number of rotatable bonds is 6. The first-order valence-electron chi connectivity index (χ1n) is 7.88. The van der Waals surface area contributed by atoms with Gasteiger partial charge in [0.25, 0.3) is 11.6 Å². The molecule has 1 aliphatic rings. The van der Waals surface area contributed by atoms with Gasteiger partial charge in [-0.25, -0.2) is 0 Å². The highest BCUT2D eigenvalue weighted by atomic mass is 16.6. The van der Waals surface area contributed by atoms with Gasteiger partial charge in [-0.3, -0.25) is 14.9 Å². The molecule has 1 heterocycles. The number of ether oxygens (including phenoxy) is 1. The van der Waals surface area contributed by atoms with Crippen molar-refractivity contribution in [3.8, 4) is 0 Å². The summed E-state index contributed by atoms with van der Waals surface area (Å²) in [5.41, 5.74) is 0.818. The van der Waals surface area contributed by atoms with Crippen LogP contribution in [0.5, 0.6) is 0 Å². The zero-order valence-electron chi connectivity index (χ0n) is 13.6. The first-order valence-corrected chi connectivity index (χ1v) is 7.88. The van der Waals surface area contributed by atoms with Gasteiger partial charge in [-0.1, -0.05) is 13.8 Å². The molecule has 0 aliphatic carbocycles. The van der Waals surface area contributed by atoms with E-state index in [0.717, 1.165) is 6.42 Å². The van der Waals surface area contributed by atoms with E-state index in [-0.39, 0.29) is 11.6 Å². The third kappa shape index (κ3) is 4.66. The zero-order chi connectivity index (χ0) is 16.8. The molecule has 2 rings (SSSR count). The van der Waals surface area contributed by atoms with Crippen LogP contribution < -0.4 is 10.2 Å². The van der Waals surface area contributed by atoms with E-state index in [1.54, 1.807) is 12.1 Å². The molecule has 7 heteroatoms. The maximum Gasteiger partial charge on any atom is 0.293 e. The summed E-state index contributed by atoms with van der Waals surface area (Å²) in [5.74, 6) is 0.218. The predicted molar refractivity (Wildman–Crippen MR) is 87.9 cm³/mol. The summed E-state index contributed by atoms with van der Waals surface area (Å²) in [6, 6.07) is 4.65. The van der Waals surface area contributed by atoms with Crippen LogP contribution in [0.25, 0.3) is 0 Å². The van der Waals surface area contributed by atoms with Crippen molar-refractivity contribution >= 4 is 17.3 Å². The van der Waals surface area contributed by atoms with E-state index in [9.17, 15) is 14.9 Å². The van der Waals surface area contributed by atoms with E-state index in [1.807, 2.05) is 4.90 Å². The third-order valence-electron chi connectivity index (χ3n) is 3.79. The number of carbonyl (C=O) groups is 1. The van der Waals surface area contributed by atoms with Gasteiger partial charge in [0.1, 0.15) is 5.69 Å². The zero-order valence-corrected chi connectivity index (χ0v) is 13.6. The fraction of sp³-hybridized carbons (Fsp3) is 0.562. The Morgan fingerprint density at radius 3 is 2.70 bits per heavy atom. The monoisotopic (exact) mass is 321 g/mol. The SMILES string of the molecule is CC(C)CCNC(=O)c1ccc(N2CCOCC2)c([N+](=O)[O-])c1. The number of nitrogens with one attached hydrogen (secondary N) is 1. The Kier molecular flexibility index (Phi) is 5.92. The molecule has 0 atom stereocenters. The Labute approximate surface area is 135 Å². The van der Waals surface area contributed by atoms with Crippen LogP contribution in [0.2, 0.25) is 0 Å². The summed E-state index contributed by atoms with van der Waals surface area (Å²) in [4.78, 5) is 25.0. The predicted octanol–water partition coefficient (Wildman–Crippen LogP) is 2.21. The lowest BCUT2D eigenvalue weighted by Gasteiger charge is -2.28. The lowest BCUT2D eigenvalue weighted by molar-refractivity contribution is -0.384. The number of nitro groups is 1. The number of benzene rings is 1. The number of hydrogen-bond donors (Lipinski definition) is 1.